The molecule has 0 saturated carbocycles. The van der Waals surface area contributed by atoms with E-state index in [0.29, 0.717) is 11.3 Å². The minimum atomic E-state index is 0.415. The third kappa shape index (κ3) is 5.01. The Morgan fingerprint density at radius 2 is 1.94 bits per heavy atom. The van der Waals surface area contributed by atoms with Crippen molar-refractivity contribution in [1.29, 1.82) is 0 Å². The van der Waals surface area contributed by atoms with Gasteiger partial charge in [0.25, 0.3) is 0 Å². The molecule has 0 saturated heterocycles. The van der Waals surface area contributed by atoms with Gasteiger partial charge in [-0.05, 0) is 31.7 Å². The lowest BCUT2D eigenvalue weighted by Gasteiger charge is -2.23. The smallest absolute Gasteiger partial charge is 0.0470 e. The predicted octanol–water partition coefficient (Wildman–Crippen LogP) is 3.41. The van der Waals surface area contributed by atoms with Gasteiger partial charge in [-0.1, -0.05) is 36.8 Å². The van der Waals surface area contributed by atoms with Crippen molar-refractivity contribution in [3.8, 4) is 0 Å². The molecule has 0 aliphatic rings. The first kappa shape index (κ1) is 15.5. The van der Waals surface area contributed by atoms with Gasteiger partial charge in [0, 0.05) is 25.0 Å². The van der Waals surface area contributed by atoms with E-state index in [0.717, 1.165) is 18.8 Å². The first-order valence-electron chi connectivity index (χ1n) is 6.53. The van der Waals surface area contributed by atoms with Crippen molar-refractivity contribution in [1.82, 2.24) is 5.32 Å². The van der Waals surface area contributed by atoms with Crippen LogP contribution in [0.15, 0.2) is 24.3 Å². The van der Waals surface area contributed by atoms with Crippen molar-refractivity contribution in [2.45, 2.75) is 31.6 Å². The summed E-state index contributed by atoms with van der Waals surface area (Å²) in [7, 11) is 3.80. The summed E-state index contributed by atoms with van der Waals surface area (Å²) >= 11 is 2.01. The van der Waals surface area contributed by atoms with Gasteiger partial charge >= 0.3 is 0 Å². The molecule has 0 bridgehead atoms. The molecule has 1 aromatic rings. The van der Waals surface area contributed by atoms with E-state index in [1.807, 2.05) is 18.8 Å². The molecule has 0 amide bonds. The summed E-state index contributed by atoms with van der Waals surface area (Å²) < 4.78 is 5.08. The molecule has 0 aromatic heterocycles. The van der Waals surface area contributed by atoms with E-state index in [1.165, 1.54) is 11.1 Å². The second kappa shape index (κ2) is 8.57. The maximum atomic E-state index is 5.08. The number of methoxy groups -OCH3 is 1. The summed E-state index contributed by atoms with van der Waals surface area (Å²) in [6.07, 6.45) is 1.12. The Kier molecular flexibility index (Phi) is 7.40. The molecular weight excluding hydrogens is 242 g/mol. The lowest BCUT2D eigenvalue weighted by molar-refractivity contribution is 0.200. The van der Waals surface area contributed by atoms with Crippen LogP contribution in [-0.2, 0) is 4.74 Å². The molecule has 3 heteroatoms. The highest BCUT2D eigenvalue weighted by molar-refractivity contribution is 7.99. The predicted molar refractivity (Wildman–Crippen MR) is 81.4 cm³/mol. The molecule has 0 aliphatic carbocycles. The Bertz CT molecular complexity index is 326. The number of thioether (sulfide) groups is 1. The topological polar surface area (TPSA) is 21.3 Å². The highest BCUT2D eigenvalue weighted by Crippen LogP contribution is 2.26. The monoisotopic (exact) mass is 267 g/mol. The molecule has 1 N–H and O–H groups in total. The van der Waals surface area contributed by atoms with Crippen molar-refractivity contribution < 1.29 is 4.74 Å². The van der Waals surface area contributed by atoms with Gasteiger partial charge in [-0.3, -0.25) is 0 Å². The van der Waals surface area contributed by atoms with E-state index in [2.05, 4.69) is 43.4 Å². The van der Waals surface area contributed by atoms with Crippen molar-refractivity contribution in [2.75, 3.05) is 26.5 Å². The summed E-state index contributed by atoms with van der Waals surface area (Å²) in [6.45, 7) is 5.27. The van der Waals surface area contributed by atoms with E-state index in [-0.39, 0.29) is 0 Å². The minimum absolute atomic E-state index is 0.415. The third-order valence-corrected chi connectivity index (χ3v) is 4.41. The number of ether oxygens (including phenoxy) is 1. The van der Waals surface area contributed by atoms with Crippen LogP contribution < -0.4 is 5.32 Å². The van der Waals surface area contributed by atoms with Gasteiger partial charge in [-0.15, -0.1) is 0 Å². The number of hydrogen-bond acceptors (Lipinski definition) is 3. The zero-order valence-electron chi connectivity index (χ0n) is 11.9. The number of nitrogens with one attached hydrogen (secondary N) is 1. The van der Waals surface area contributed by atoms with Gasteiger partial charge in [0.2, 0.25) is 0 Å². The van der Waals surface area contributed by atoms with Gasteiger partial charge in [0.1, 0.15) is 0 Å². The fraction of sp³-hybridized carbons (Fsp3) is 0.600. The van der Waals surface area contributed by atoms with Crippen LogP contribution in [-0.4, -0.2) is 31.8 Å². The van der Waals surface area contributed by atoms with E-state index in [1.54, 1.807) is 7.11 Å². The highest BCUT2D eigenvalue weighted by atomic mass is 32.2. The van der Waals surface area contributed by atoms with Crippen LogP contribution in [0.4, 0.5) is 0 Å². The lowest BCUT2D eigenvalue weighted by atomic mass is 10.0. The van der Waals surface area contributed by atoms with Gasteiger partial charge in [-0.2, -0.15) is 11.8 Å². The van der Waals surface area contributed by atoms with Crippen LogP contribution in [0.25, 0.3) is 0 Å². The Labute approximate surface area is 116 Å². The molecule has 0 radical (unpaired) electrons. The average molecular weight is 267 g/mol. The van der Waals surface area contributed by atoms with Crippen LogP contribution in [0.3, 0.4) is 0 Å². The average Bonchev–Trinajstić information content (AvgIpc) is 2.38. The zero-order chi connectivity index (χ0) is 13.4. The summed E-state index contributed by atoms with van der Waals surface area (Å²) in [6, 6.07) is 9.23. The van der Waals surface area contributed by atoms with Crippen LogP contribution in [0, 0.1) is 6.92 Å². The summed E-state index contributed by atoms with van der Waals surface area (Å²) in [4.78, 5) is 0. The second-order valence-electron chi connectivity index (χ2n) is 4.60. The van der Waals surface area contributed by atoms with Gasteiger partial charge in [-0.25, -0.2) is 0 Å². The Balaban J connectivity index is 2.51. The third-order valence-electron chi connectivity index (χ3n) is 3.09. The number of aryl methyl sites for hydroxylation is 1. The molecule has 1 rings (SSSR count). The largest absolute Gasteiger partial charge is 0.385 e. The normalized spacial score (nSPS) is 14.4. The van der Waals surface area contributed by atoms with Crippen molar-refractivity contribution in [2.24, 2.45) is 0 Å². The van der Waals surface area contributed by atoms with Crippen LogP contribution in [0.2, 0.25) is 0 Å². The number of benzene rings is 1. The van der Waals surface area contributed by atoms with Crippen LogP contribution in [0.1, 0.15) is 30.5 Å². The van der Waals surface area contributed by atoms with E-state index >= 15 is 0 Å². The number of hydrogen-bond donors (Lipinski definition) is 1. The first-order chi connectivity index (χ1) is 8.69. The fourth-order valence-corrected chi connectivity index (χ4v) is 3.16. The Morgan fingerprint density at radius 1 is 1.28 bits per heavy atom. The second-order valence-corrected chi connectivity index (χ2v) is 6.08. The quantitative estimate of drug-likeness (QED) is 0.729. The standard InChI is InChI=1S/C15H25NOS/c1-12-6-8-14(9-7-12)15(16-3)13(2)18-11-5-10-17-4/h6-9,13,15-16H,5,10-11H2,1-4H3. The maximum absolute atomic E-state index is 5.08. The van der Waals surface area contributed by atoms with Crippen molar-refractivity contribution in [3.63, 3.8) is 0 Å². The molecule has 2 atom stereocenters. The number of rotatable bonds is 8. The lowest BCUT2D eigenvalue weighted by Crippen LogP contribution is -2.25. The zero-order valence-corrected chi connectivity index (χ0v) is 12.7. The van der Waals surface area contributed by atoms with E-state index < -0.39 is 0 Å². The first-order valence-corrected chi connectivity index (χ1v) is 7.58. The van der Waals surface area contributed by atoms with Crippen molar-refractivity contribution in [3.05, 3.63) is 35.4 Å². The van der Waals surface area contributed by atoms with E-state index in [4.69, 9.17) is 4.74 Å². The maximum Gasteiger partial charge on any atom is 0.0470 e. The molecular formula is C15H25NOS. The summed E-state index contributed by atoms with van der Waals surface area (Å²) in [5, 5.41) is 3.99. The summed E-state index contributed by atoms with van der Waals surface area (Å²) in [5.41, 5.74) is 2.68. The van der Waals surface area contributed by atoms with Crippen LogP contribution in [0.5, 0.6) is 0 Å². The molecule has 102 valence electrons. The van der Waals surface area contributed by atoms with Gasteiger partial charge in [0.05, 0.1) is 0 Å². The molecule has 0 heterocycles. The molecule has 1 aromatic carbocycles. The molecule has 18 heavy (non-hydrogen) atoms. The van der Waals surface area contributed by atoms with E-state index in [9.17, 15) is 0 Å². The molecule has 0 spiro atoms. The Morgan fingerprint density at radius 3 is 2.50 bits per heavy atom. The fourth-order valence-electron chi connectivity index (χ4n) is 2.01. The highest BCUT2D eigenvalue weighted by Gasteiger charge is 2.17. The molecule has 0 fully saturated rings. The van der Waals surface area contributed by atoms with Gasteiger partial charge < -0.3 is 10.1 Å². The SMILES string of the molecule is CNC(c1ccc(C)cc1)C(C)SCCCOC. The van der Waals surface area contributed by atoms with Crippen LogP contribution >= 0.6 is 11.8 Å². The summed E-state index contributed by atoms with van der Waals surface area (Å²) in [5.74, 6) is 1.15. The van der Waals surface area contributed by atoms with Crippen molar-refractivity contribution >= 4 is 11.8 Å². The minimum Gasteiger partial charge on any atom is -0.385 e. The molecule has 0 aliphatic heterocycles. The van der Waals surface area contributed by atoms with Gasteiger partial charge in [0.15, 0.2) is 0 Å². The molecule has 2 nitrogen and oxygen atoms in total. The Hall–Kier alpha value is -0.510. The molecule has 2 unspecified atom stereocenters.